The molecule has 1 N–H and O–H groups in total. The van der Waals surface area contributed by atoms with Gasteiger partial charge in [0.1, 0.15) is 11.2 Å². The zero-order chi connectivity index (χ0) is 24.9. The molecule has 1 aromatic carbocycles. The molecule has 2 amide bonds. The number of carbonyl (C=O) groups excluding carboxylic acids is 3. The number of β-amino-alcohol motifs (C(OH)–C–C–N with tert-alkyl or cyclic N) is 1. The lowest BCUT2D eigenvalue weighted by Crippen LogP contribution is -2.40. The first-order chi connectivity index (χ1) is 15.2. The van der Waals surface area contributed by atoms with Crippen LogP contribution in [0, 0.1) is 0 Å². The van der Waals surface area contributed by atoms with E-state index in [2.05, 4.69) is 0 Å². The molecule has 2 aliphatic heterocycles. The lowest BCUT2D eigenvalue weighted by atomic mass is 9.94. The molecule has 0 aliphatic carbocycles. The third-order valence-electron chi connectivity index (χ3n) is 5.04. The lowest BCUT2D eigenvalue weighted by molar-refractivity contribution is -0.117. The van der Waals surface area contributed by atoms with Crippen LogP contribution in [0.1, 0.15) is 59.9 Å². The van der Waals surface area contributed by atoms with Gasteiger partial charge >= 0.3 is 12.2 Å². The average molecular weight is 463 g/mol. The first kappa shape index (κ1) is 26.6. The van der Waals surface area contributed by atoms with Crippen LogP contribution in [-0.2, 0) is 20.7 Å². The molecule has 2 saturated heterocycles. The number of rotatable bonds is 2. The molecular formula is C25H38N2O6. The van der Waals surface area contributed by atoms with Crippen LogP contribution in [0.3, 0.4) is 0 Å². The second kappa shape index (κ2) is 10.5. The number of ketones is 1. The van der Waals surface area contributed by atoms with Crippen LogP contribution in [-0.4, -0.2) is 75.9 Å². The smallest absolute Gasteiger partial charge is 0.410 e. The van der Waals surface area contributed by atoms with Gasteiger partial charge in [-0.2, -0.15) is 0 Å². The van der Waals surface area contributed by atoms with Crippen molar-refractivity contribution in [3.8, 4) is 0 Å². The van der Waals surface area contributed by atoms with Crippen molar-refractivity contribution < 1.29 is 29.0 Å². The first-order valence-corrected chi connectivity index (χ1v) is 11.4. The van der Waals surface area contributed by atoms with Gasteiger partial charge < -0.3 is 24.4 Å². The summed E-state index contributed by atoms with van der Waals surface area (Å²) in [5.41, 5.74) is -0.751. The predicted octanol–water partition coefficient (Wildman–Crippen LogP) is 3.80. The molecule has 1 aromatic rings. The van der Waals surface area contributed by atoms with E-state index in [4.69, 9.17) is 9.47 Å². The van der Waals surface area contributed by atoms with Gasteiger partial charge in [0.05, 0.1) is 18.7 Å². The van der Waals surface area contributed by atoms with Crippen molar-refractivity contribution in [2.24, 2.45) is 0 Å². The van der Waals surface area contributed by atoms with Crippen LogP contribution >= 0.6 is 0 Å². The summed E-state index contributed by atoms with van der Waals surface area (Å²) in [6, 6.07) is 9.86. The largest absolute Gasteiger partial charge is 0.444 e. The summed E-state index contributed by atoms with van der Waals surface area (Å²) < 4.78 is 10.4. The molecule has 0 spiro atoms. The second-order valence-electron chi connectivity index (χ2n) is 10.7. The van der Waals surface area contributed by atoms with E-state index in [1.54, 1.807) is 4.90 Å². The number of likely N-dealkylation sites (tertiary alicyclic amines) is 2. The molecule has 0 bridgehead atoms. The van der Waals surface area contributed by atoms with Crippen LogP contribution in [0.5, 0.6) is 0 Å². The van der Waals surface area contributed by atoms with Gasteiger partial charge in [-0.1, -0.05) is 30.3 Å². The number of Topliss-reactive ketones (excluding diaryl/α,β-unsaturated/α-hetero) is 1. The Hall–Kier alpha value is -2.61. The SMILES string of the molecule is CC(C)(C)OC(=O)N1CCC(=O)C1.CC(C)(C)OC(=O)N1CCC(O)(Cc2ccccc2)C1. The molecule has 2 aliphatic rings. The Labute approximate surface area is 196 Å². The fourth-order valence-electron chi connectivity index (χ4n) is 3.57. The summed E-state index contributed by atoms with van der Waals surface area (Å²) in [6.07, 6.45) is 0.868. The molecule has 2 heterocycles. The molecule has 2 fully saturated rings. The quantitative estimate of drug-likeness (QED) is 0.718. The van der Waals surface area contributed by atoms with Crippen molar-refractivity contribution in [1.82, 2.24) is 9.80 Å². The molecule has 8 nitrogen and oxygen atoms in total. The van der Waals surface area contributed by atoms with E-state index in [0.29, 0.717) is 38.9 Å². The molecule has 184 valence electrons. The van der Waals surface area contributed by atoms with Gasteiger partial charge in [-0.3, -0.25) is 4.79 Å². The Balaban J connectivity index is 0.000000257. The highest BCUT2D eigenvalue weighted by molar-refractivity contribution is 5.87. The van der Waals surface area contributed by atoms with Crippen molar-refractivity contribution in [1.29, 1.82) is 0 Å². The highest BCUT2D eigenvalue weighted by Crippen LogP contribution is 2.26. The van der Waals surface area contributed by atoms with E-state index in [0.717, 1.165) is 5.56 Å². The minimum Gasteiger partial charge on any atom is -0.444 e. The van der Waals surface area contributed by atoms with Crippen molar-refractivity contribution in [2.45, 2.75) is 77.6 Å². The van der Waals surface area contributed by atoms with E-state index in [-0.39, 0.29) is 18.4 Å². The van der Waals surface area contributed by atoms with Gasteiger partial charge in [0.25, 0.3) is 0 Å². The maximum atomic E-state index is 12.0. The molecule has 3 rings (SSSR count). The zero-order valence-electron chi connectivity index (χ0n) is 20.7. The summed E-state index contributed by atoms with van der Waals surface area (Å²) in [4.78, 5) is 37.3. The third kappa shape index (κ3) is 9.42. The molecule has 0 saturated carbocycles. The number of carbonyl (C=O) groups is 3. The van der Waals surface area contributed by atoms with E-state index in [1.807, 2.05) is 71.9 Å². The Morgan fingerprint density at radius 2 is 1.48 bits per heavy atom. The summed E-state index contributed by atoms with van der Waals surface area (Å²) in [5.74, 6) is 0.103. The molecular weight excluding hydrogens is 424 g/mol. The standard InChI is InChI=1S/C16H23NO3.C9H15NO3/c1-15(2,3)20-14(18)17-10-9-16(19,12-17)11-13-7-5-4-6-8-13;1-9(2,3)13-8(12)10-5-4-7(11)6-10/h4-8,19H,9-12H2,1-3H3;4-6H2,1-3H3. The van der Waals surface area contributed by atoms with E-state index >= 15 is 0 Å². The van der Waals surface area contributed by atoms with Gasteiger partial charge in [-0.15, -0.1) is 0 Å². The topological polar surface area (TPSA) is 96.4 Å². The fourth-order valence-corrected chi connectivity index (χ4v) is 3.57. The van der Waals surface area contributed by atoms with Crippen LogP contribution in [0.4, 0.5) is 9.59 Å². The molecule has 33 heavy (non-hydrogen) atoms. The maximum absolute atomic E-state index is 12.0. The molecule has 0 aromatic heterocycles. The molecule has 1 atom stereocenters. The van der Waals surface area contributed by atoms with E-state index < -0.39 is 22.9 Å². The van der Waals surface area contributed by atoms with E-state index in [1.165, 1.54) is 4.90 Å². The fraction of sp³-hybridized carbons (Fsp3) is 0.640. The summed E-state index contributed by atoms with van der Waals surface area (Å²) in [6.45, 7) is 12.5. The van der Waals surface area contributed by atoms with Crippen LogP contribution in [0.25, 0.3) is 0 Å². The summed E-state index contributed by atoms with van der Waals surface area (Å²) in [7, 11) is 0. The van der Waals surface area contributed by atoms with Crippen LogP contribution < -0.4 is 0 Å². The van der Waals surface area contributed by atoms with Gasteiger partial charge in [-0.05, 0) is 53.5 Å². The highest BCUT2D eigenvalue weighted by Gasteiger charge is 2.39. The molecule has 8 heteroatoms. The second-order valence-corrected chi connectivity index (χ2v) is 10.7. The molecule has 1 unspecified atom stereocenters. The summed E-state index contributed by atoms with van der Waals surface area (Å²) >= 11 is 0. The Morgan fingerprint density at radius 3 is 1.97 bits per heavy atom. The van der Waals surface area contributed by atoms with E-state index in [9.17, 15) is 19.5 Å². The number of ether oxygens (including phenoxy) is 2. The Morgan fingerprint density at radius 1 is 0.939 bits per heavy atom. The lowest BCUT2D eigenvalue weighted by Gasteiger charge is -2.26. The Kier molecular flexibility index (Phi) is 8.52. The van der Waals surface area contributed by atoms with Gasteiger partial charge in [-0.25, -0.2) is 9.59 Å². The predicted molar refractivity (Wildman–Crippen MR) is 125 cm³/mol. The van der Waals surface area contributed by atoms with Gasteiger partial charge in [0, 0.05) is 25.9 Å². The number of hydrogen-bond donors (Lipinski definition) is 1. The minimum absolute atomic E-state index is 0.103. The van der Waals surface area contributed by atoms with Crippen molar-refractivity contribution in [2.75, 3.05) is 26.2 Å². The zero-order valence-corrected chi connectivity index (χ0v) is 20.7. The average Bonchev–Trinajstić information content (AvgIpc) is 3.27. The minimum atomic E-state index is -0.849. The van der Waals surface area contributed by atoms with Gasteiger partial charge in [0.2, 0.25) is 0 Å². The maximum Gasteiger partial charge on any atom is 0.410 e. The number of benzene rings is 1. The first-order valence-electron chi connectivity index (χ1n) is 11.4. The van der Waals surface area contributed by atoms with Crippen molar-refractivity contribution >= 4 is 18.0 Å². The number of aliphatic hydroxyl groups is 1. The van der Waals surface area contributed by atoms with Gasteiger partial charge in [0.15, 0.2) is 5.78 Å². The highest BCUT2D eigenvalue weighted by atomic mass is 16.6. The van der Waals surface area contributed by atoms with Crippen molar-refractivity contribution in [3.63, 3.8) is 0 Å². The van der Waals surface area contributed by atoms with Crippen LogP contribution in [0.15, 0.2) is 30.3 Å². The number of amides is 2. The molecule has 0 radical (unpaired) electrons. The number of nitrogens with zero attached hydrogens (tertiary/aromatic N) is 2. The normalized spacial score (nSPS) is 20.9. The van der Waals surface area contributed by atoms with Crippen LogP contribution in [0.2, 0.25) is 0 Å². The monoisotopic (exact) mass is 462 g/mol. The number of hydrogen-bond acceptors (Lipinski definition) is 6. The Bertz CT molecular complexity index is 828. The third-order valence-corrected chi connectivity index (χ3v) is 5.04. The van der Waals surface area contributed by atoms with Crippen molar-refractivity contribution in [3.05, 3.63) is 35.9 Å². The summed E-state index contributed by atoms with van der Waals surface area (Å²) in [5, 5.41) is 10.6.